The molecule has 1 aliphatic heterocycles. The summed E-state index contributed by atoms with van der Waals surface area (Å²) in [5.74, 6) is -0.492. The van der Waals surface area contributed by atoms with Gasteiger partial charge < -0.3 is 4.90 Å². The Morgan fingerprint density at radius 2 is 1.93 bits per heavy atom. The van der Waals surface area contributed by atoms with Crippen molar-refractivity contribution >= 4 is 16.8 Å². The first-order valence-corrected chi connectivity index (χ1v) is 9.54. The summed E-state index contributed by atoms with van der Waals surface area (Å²) in [6.07, 6.45) is 4.38. The van der Waals surface area contributed by atoms with Crippen LogP contribution in [0, 0.1) is 5.82 Å². The maximum atomic E-state index is 14.0. The average Bonchev–Trinajstić information content (AvgIpc) is 3.18. The van der Waals surface area contributed by atoms with E-state index < -0.39 is 0 Å². The predicted molar refractivity (Wildman–Crippen MR) is 109 cm³/mol. The second-order valence-electron chi connectivity index (χ2n) is 7.36. The standard InChI is InChI=1S/C23H19FN4O/c1-27-13-17(12-25-27)22-11-20(19-10-18(24)6-7-21(19)26-22)23(29)28-9-8-15-4-2-3-5-16(15)14-28/h2-7,10-13H,8-9,14H2,1H3. The van der Waals surface area contributed by atoms with Gasteiger partial charge in [-0.25, -0.2) is 9.37 Å². The molecule has 1 aliphatic rings. The minimum Gasteiger partial charge on any atom is -0.334 e. The van der Waals surface area contributed by atoms with Gasteiger partial charge in [0.25, 0.3) is 5.91 Å². The molecule has 0 unspecified atom stereocenters. The Kier molecular flexibility index (Phi) is 4.12. The van der Waals surface area contributed by atoms with Crippen LogP contribution in [-0.2, 0) is 20.0 Å². The topological polar surface area (TPSA) is 51.0 Å². The highest BCUT2D eigenvalue weighted by atomic mass is 19.1. The van der Waals surface area contributed by atoms with Crippen molar-refractivity contribution in [3.8, 4) is 11.3 Å². The zero-order valence-electron chi connectivity index (χ0n) is 16.0. The van der Waals surface area contributed by atoms with Gasteiger partial charge in [-0.1, -0.05) is 24.3 Å². The molecule has 0 aliphatic carbocycles. The molecule has 0 fully saturated rings. The van der Waals surface area contributed by atoms with Crippen molar-refractivity contribution in [3.63, 3.8) is 0 Å². The molecule has 4 aromatic rings. The Bertz CT molecular complexity index is 1250. The molecule has 2 aromatic heterocycles. The van der Waals surface area contributed by atoms with Crippen LogP contribution < -0.4 is 0 Å². The maximum Gasteiger partial charge on any atom is 0.254 e. The molecule has 3 heterocycles. The molecule has 5 rings (SSSR count). The largest absolute Gasteiger partial charge is 0.334 e. The van der Waals surface area contributed by atoms with Crippen molar-refractivity contribution in [3.05, 3.63) is 83.4 Å². The lowest BCUT2D eigenvalue weighted by atomic mass is 9.98. The lowest BCUT2D eigenvalue weighted by Crippen LogP contribution is -2.36. The number of aryl methyl sites for hydroxylation is 1. The summed E-state index contributed by atoms with van der Waals surface area (Å²) in [6.45, 7) is 1.19. The van der Waals surface area contributed by atoms with E-state index in [1.54, 1.807) is 23.0 Å². The van der Waals surface area contributed by atoms with Crippen molar-refractivity contribution in [1.82, 2.24) is 19.7 Å². The fourth-order valence-electron chi connectivity index (χ4n) is 3.92. The van der Waals surface area contributed by atoms with Gasteiger partial charge in [-0.2, -0.15) is 5.10 Å². The third-order valence-electron chi connectivity index (χ3n) is 5.42. The summed E-state index contributed by atoms with van der Waals surface area (Å²) in [5, 5.41) is 4.73. The summed E-state index contributed by atoms with van der Waals surface area (Å²) in [5.41, 5.74) is 4.96. The van der Waals surface area contributed by atoms with E-state index in [4.69, 9.17) is 0 Å². The van der Waals surface area contributed by atoms with Gasteiger partial charge in [0, 0.05) is 37.3 Å². The number of hydrogen-bond donors (Lipinski definition) is 0. The lowest BCUT2D eigenvalue weighted by molar-refractivity contribution is 0.0736. The zero-order chi connectivity index (χ0) is 20.0. The van der Waals surface area contributed by atoms with Gasteiger partial charge >= 0.3 is 0 Å². The first-order valence-electron chi connectivity index (χ1n) is 9.54. The van der Waals surface area contributed by atoms with E-state index in [2.05, 4.69) is 22.2 Å². The lowest BCUT2D eigenvalue weighted by Gasteiger charge is -2.29. The van der Waals surface area contributed by atoms with Crippen molar-refractivity contribution in [2.45, 2.75) is 13.0 Å². The van der Waals surface area contributed by atoms with E-state index in [0.717, 1.165) is 17.5 Å². The monoisotopic (exact) mass is 386 g/mol. The molecular formula is C23H19FN4O. The molecular weight excluding hydrogens is 367 g/mol. The van der Waals surface area contributed by atoms with E-state index in [1.165, 1.54) is 17.7 Å². The van der Waals surface area contributed by atoms with Crippen LogP contribution in [0.2, 0.25) is 0 Å². The van der Waals surface area contributed by atoms with E-state index in [1.807, 2.05) is 30.3 Å². The van der Waals surface area contributed by atoms with Gasteiger partial charge in [-0.05, 0) is 41.8 Å². The van der Waals surface area contributed by atoms with Crippen LogP contribution in [0.25, 0.3) is 22.2 Å². The summed E-state index contributed by atoms with van der Waals surface area (Å²) < 4.78 is 15.7. The second-order valence-corrected chi connectivity index (χ2v) is 7.36. The summed E-state index contributed by atoms with van der Waals surface area (Å²) in [7, 11) is 1.83. The number of rotatable bonds is 2. The fourth-order valence-corrected chi connectivity index (χ4v) is 3.92. The van der Waals surface area contributed by atoms with E-state index in [9.17, 15) is 9.18 Å². The van der Waals surface area contributed by atoms with E-state index >= 15 is 0 Å². The number of carbonyl (C=O) groups excluding carboxylic acids is 1. The SMILES string of the molecule is Cn1cc(-c2cc(C(=O)N3CCc4ccccc4C3)c3cc(F)ccc3n2)cn1. The van der Waals surface area contributed by atoms with Crippen LogP contribution in [0.15, 0.2) is 60.9 Å². The molecule has 0 spiro atoms. The van der Waals surface area contributed by atoms with Gasteiger partial charge in [0.2, 0.25) is 0 Å². The number of fused-ring (bicyclic) bond motifs is 2. The Hall–Kier alpha value is -3.54. The zero-order valence-corrected chi connectivity index (χ0v) is 16.0. The highest BCUT2D eigenvalue weighted by molar-refractivity contribution is 6.07. The van der Waals surface area contributed by atoms with Crippen LogP contribution >= 0.6 is 0 Å². The Labute approximate surface area is 167 Å². The molecule has 0 saturated heterocycles. The number of amides is 1. The van der Waals surface area contributed by atoms with Gasteiger partial charge in [-0.3, -0.25) is 9.48 Å². The minimum atomic E-state index is -0.383. The van der Waals surface area contributed by atoms with Crippen molar-refractivity contribution in [1.29, 1.82) is 0 Å². The smallest absolute Gasteiger partial charge is 0.254 e. The molecule has 144 valence electrons. The fraction of sp³-hybridized carbons (Fsp3) is 0.174. The summed E-state index contributed by atoms with van der Waals surface area (Å²) in [6, 6.07) is 14.3. The normalized spacial score (nSPS) is 13.5. The average molecular weight is 386 g/mol. The molecule has 29 heavy (non-hydrogen) atoms. The van der Waals surface area contributed by atoms with Crippen LogP contribution in [0.4, 0.5) is 4.39 Å². The van der Waals surface area contributed by atoms with Gasteiger partial charge in [-0.15, -0.1) is 0 Å². The van der Waals surface area contributed by atoms with Crippen molar-refractivity contribution in [2.75, 3.05) is 6.54 Å². The summed E-state index contributed by atoms with van der Waals surface area (Å²) in [4.78, 5) is 19.9. The Morgan fingerprint density at radius 1 is 1.10 bits per heavy atom. The molecule has 0 saturated carbocycles. The van der Waals surface area contributed by atoms with Gasteiger partial charge in [0.1, 0.15) is 5.82 Å². The van der Waals surface area contributed by atoms with Crippen molar-refractivity contribution in [2.24, 2.45) is 7.05 Å². The highest BCUT2D eigenvalue weighted by Gasteiger charge is 2.24. The maximum absolute atomic E-state index is 14.0. The van der Waals surface area contributed by atoms with Crippen LogP contribution in [-0.4, -0.2) is 32.1 Å². The number of hydrogen-bond acceptors (Lipinski definition) is 3. The molecule has 6 heteroatoms. The van der Waals surface area contributed by atoms with Crippen LogP contribution in [0.3, 0.4) is 0 Å². The quantitative estimate of drug-likeness (QED) is 0.524. The highest BCUT2D eigenvalue weighted by Crippen LogP contribution is 2.28. The third kappa shape index (κ3) is 3.16. The van der Waals surface area contributed by atoms with E-state index in [0.29, 0.717) is 35.2 Å². The molecule has 2 aromatic carbocycles. The molecule has 0 atom stereocenters. The number of aromatic nitrogens is 3. The first kappa shape index (κ1) is 17.6. The molecule has 0 bridgehead atoms. The predicted octanol–water partition coefficient (Wildman–Crippen LogP) is 3.97. The number of benzene rings is 2. The molecule has 1 amide bonds. The summed E-state index contributed by atoms with van der Waals surface area (Å²) >= 11 is 0. The first-order chi connectivity index (χ1) is 14.1. The van der Waals surface area contributed by atoms with Crippen molar-refractivity contribution < 1.29 is 9.18 Å². The second kappa shape index (κ2) is 6.81. The molecule has 0 radical (unpaired) electrons. The number of nitrogens with zero attached hydrogens (tertiary/aromatic N) is 4. The Morgan fingerprint density at radius 3 is 2.72 bits per heavy atom. The van der Waals surface area contributed by atoms with Gasteiger partial charge in [0.15, 0.2) is 0 Å². The van der Waals surface area contributed by atoms with Crippen LogP contribution in [0.5, 0.6) is 0 Å². The Balaban J connectivity index is 1.61. The molecule has 5 nitrogen and oxygen atoms in total. The molecule has 0 N–H and O–H groups in total. The van der Waals surface area contributed by atoms with Gasteiger partial charge in [0.05, 0.1) is 23.0 Å². The number of halogens is 1. The minimum absolute atomic E-state index is 0.109. The third-order valence-corrected chi connectivity index (χ3v) is 5.42. The number of pyridine rings is 1. The van der Waals surface area contributed by atoms with E-state index in [-0.39, 0.29) is 11.7 Å². The number of carbonyl (C=O) groups is 1. The van der Waals surface area contributed by atoms with Crippen LogP contribution in [0.1, 0.15) is 21.5 Å².